The molecule has 0 heterocycles. The van der Waals surface area contributed by atoms with Gasteiger partial charge in [0.2, 0.25) is 17.5 Å². The number of amides is 1. The van der Waals surface area contributed by atoms with Gasteiger partial charge in [-0.3, -0.25) is 14.4 Å². The third-order valence-corrected chi connectivity index (χ3v) is 3.20. The number of rotatable bonds is 14. The van der Waals surface area contributed by atoms with Gasteiger partial charge in [-0.2, -0.15) is 9.58 Å². The van der Waals surface area contributed by atoms with Gasteiger partial charge in [0.05, 0.1) is 6.04 Å². The van der Waals surface area contributed by atoms with Gasteiger partial charge in [-0.15, -0.1) is 6.58 Å². The predicted molar refractivity (Wildman–Crippen MR) is 93.0 cm³/mol. The van der Waals surface area contributed by atoms with Crippen molar-refractivity contribution in [2.24, 2.45) is 0 Å². The van der Waals surface area contributed by atoms with E-state index in [1.807, 2.05) is 0 Å². The summed E-state index contributed by atoms with van der Waals surface area (Å²) in [4.78, 5) is 51.3. The first-order valence-corrected chi connectivity index (χ1v) is 7.63. The maximum Gasteiger partial charge on any atom is 0.326 e. The number of nitrogens with zero attached hydrogens (tertiary/aromatic N) is 4. The molecule has 0 fully saturated rings. The van der Waals surface area contributed by atoms with E-state index in [2.05, 4.69) is 26.8 Å². The van der Waals surface area contributed by atoms with Crippen LogP contribution in [0.1, 0.15) is 25.7 Å². The van der Waals surface area contributed by atoms with Gasteiger partial charge < -0.3 is 32.3 Å². The first kappa shape index (κ1) is 25.9. The molecule has 0 aliphatic heterocycles. The minimum Gasteiger partial charge on any atom is -0.480 e. The molecule has 0 unspecified atom stereocenters. The third kappa shape index (κ3) is 11.8. The quantitative estimate of drug-likeness (QED) is 0.136. The number of hydrogen-bond acceptors (Lipinski definition) is 5. The van der Waals surface area contributed by atoms with Crippen LogP contribution in [0.25, 0.3) is 11.1 Å². The lowest BCUT2D eigenvalue weighted by atomic mass is 10.1. The first-order valence-electron chi connectivity index (χ1n) is 7.63. The Balaban J connectivity index is 0. The summed E-state index contributed by atoms with van der Waals surface area (Å²) in [6, 6.07) is -2.22. The number of Topliss-reactive ketones (excluding diaryl/α,β-unsaturated/α-hetero) is 2. The largest absolute Gasteiger partial charge is 0.480 e. The van der Waals surface area contributed by atoms with E-state index in [1.54, 1.807) is 0 Å². The smallest absolute Gasteiger partial charge is 0.326 e. The highest BCUT2D eigenvalue weighted by Gasteiger charge is 2.26. The third-order valence-electron chi connectivity index (χ3n) is 3.20. The number of ketones is 2. The summed E-state index contributed by atoms with van der Waals surface area (Å²) in [7, 11) is 0. The van der Waals surface area contributed by atoms with Crippen molar-refractivity contribution in [1.82, 2.24) is 10.6 Å². The van der Waals surface area contributed by atoms with Gasteiger partial charge in [0.15, 0.2) is 0 Å². The van der Waals surface area contributed by atoms with Crippen LogP contribution in [0, 0.1) is 0 Å². The molecule has 0 saturated carbocycles. The molecule has 12 heteroatoms. The predicted octanol–water partition coefficient (Wildman–Crippen LogP) is -1.82. The minimum atomic E-state index is -1.34. The molecular weight excluding hydrogens is 360 g/mol. The average molecular weight is 382 g/mol. The van der Waals surface area contributed by atoms with Gasteiger partial charge in [-0.1, -0.05) is 6.08 Å². The molecule has 5 N–H and O–H groups in total. The Morgan fingerprint density at radius 1 is 1.00 bits per heavy atom. The van der Waals surface area contributed by atoms with Gasteiger partial charge in [-0.05, 0) is 12.8 Å². The maximum atomic E-state index is 12.3. The number of carboxylic acids is 1. The van der Waals surface area contributed by atoms with Crippen LogP contribution >= 0.6 is 0 Å². The van der Waals surface area contributed by atoms with Crippen molar-refractivity contribution in [3.05, 3.63) is 23.7 Å². The Morgan fingerprint density at radius 2 is 1.48 bits per heavy atom. The Kier molecular flexibility index (Phi) is 14.4. The normalized spacial score (nSPS) is 11.4. The van der Waals surface area contributed by atoms with Crippen LogP contribution < -0.4 is 10.6 Å². The van der Waals surface area contributed by atoms with E-state index in [-0.39, 0.29) is 37.7 Å². The standard InChI is InChI=1S/C15H20N6O5.H2O/c1-2-7-18-12(5-3-10(22)8-19-16)14(24)21-13(15(25)26)6-4-11(23)9-20-17;/h2,8-9,12-13,18H,1,3-7H2,(H,21,24)(H,25,26);1H2/t12-,13-;/m0./s1. The monoisotopic (exact) mass is 382 g/mol. The first-order chi connectivity index (χ1) is 12.3. The molecule has 0 aliphatic carbocycles. The van der Waals surface area contributed by atoms with E-state index < -0.39 is 35.5 Å². The zero-order chi connectivity index (χ0) is 19.9. The van der Waals surface area contributed by atoms with Crippen LogP contribution in [0.15, 0.2) is 12.7 Å². The van der Waals surface area contributed by atoms with Gasteiger partial charge in [0, 0.05) is 19.4 Å². The van der Waals surface area contributed by atoms with Crippen molar-refractivity contribution in [3.63, 3.8) is 0 Å². The molecule has 0 aromatic carbocycles. The Morgan fingerprint density at radius 3 is 1.89 bits per heavy atom. The molecule has 0 aliphatic rings. The lowest BCUT2D eigenvalue weighted by molar-refractivity contribution is -0.142. The Bertz CT molecular complexity index is 651. The highest BCUT2D eigenvalue weighted by molar-refractivity contribution is 6.25. The number of hydrogen-bond donors (Lipinski definition) is 3. The summed E-state index contributed by atoms with van der Waals surface area (Å²) < 4.78 is 0. The molecule has 12 nitrogen and oxygen atoms in total. The molecule has 27 heavy (non-hydrogen) atoms. The Labute approximate surface area is 154 Å². The van der Waals surface area contributed by atoms with Crippen molar-refractivity contribution in [2.75, 3.05) is 6.54 Å². The van der Waals surface area contributed by atoms with Gasteiger partial charge >= 0.3 is 18.4 Å². The molecule has 0 aromatic heterocycles. The molecule has 0 radical (unpaired) electrons. The zero-order valence-electron chi connectivity index (χ0n) is 14.5. The Hall–Kier alpha value is -3.30. The number of aliphatic carboxylic acids is 1. The molecule has 1 amide bonds. The number of carbonyl (C=O) groups excluding carboxylic acids is 3. The fourth-order valence-electron chi connectivity index (χ4n) is 1.91. The summed E-state index contributed by atoms with van der Waals surface area (Å²) >= 11 is 0. The molecule has 148 valence electrons. The lowest BCUT2D eigenvalue weighted by Crippen LogP contribution is -2.50. The number of nitrogens with one attached hydrogen (secondary N) is 2. The maximum absolute atomic E-state index is 12.3. The molecule has 0 rings (SSSR count). The van der Waals surface area contributed by atoms with Crippen LogP contribution in [0.2, 0.25) is 0 Å². The SMILES string of the molecule is C=CCN[C@@H](CCC(=O)C=[N+]=[N-])C(=O)N[C@@H](CCC(=O)C=[N+]=[N-])C(=O)O.O. The van der Waals surface area contributed by atoms with E-state index in [4.69, 9.17) is 16.2 Å². The second-order valence-electron chi connectivity index (χ2n) is 5.15. The number of carboxylic acid groups (broad SMARTS) is 1. The van der Waals surface area contributed by atoms with E-state index in [9.17, 15) is 19.2 Å². The van der Waals surface area contributed by atoms with E-state index >= 15 is 0 Å². The van der Waals surface area contributed by atoms with Crippen molar-refractivity contribution >= 4 is 35.9 Å². The highest BCUT2D eigenvalue weighted by atomic mass is 16.4. The fraction of sp³-hybridized carbons (Fsp3) is 0.467. The van der Waals surface area contributed by atoms with Crippen LogP contribution in [0.4, 0.5) is 0 Å². The van der Waals surface area contributed by atoms with Crippen molar-refractivity contribution in [2.45, 2.75) is 37.8 Å². The second kappa shape index (κ2) is 15.0. The van der Waals surface area contributed by atoms with Gasteiger partial charge in [0.1, 0.15) is 6.04 Å². The van der Waals surface area contributed by atoms with E-state index in [1.165, 1.54) is 6.08 Å². The summed E-state index contributed by atoms with van der Waals surface area (Å²) in [5.41, 5.74) is 16.5. The summed E-state index contributed by atoms with van der Waals surface area (Å²) in [6.45, 7) is 3.73. The van der Waals surface area contributed by atoms with Crippen LogP contribution in [-0.2, 0) is 19.2 Å². The van der Waals surface area contributed by atoms with Crippen molar-refractivity contribution < 1.29 is 39.3 Å². The summed E-state index contributed by atoms with van der Waals surface area (Å²) in [5.74, 6) is -3.10. The van der Waals surface area contributed by atoms with E-state index in [0.717, 1.165) is 0 Å². The average Bonchev–Trinajstić information content (AvgIpc) is 2.58. The minimum absolute atomic E-state index is 0. The molecule has 2 atom stereocenters. The highest BCUT2D eigenvalue weighted by Crippen LogP contribution is 2.03. The van der Waals surface area contributed by atoms with Crippen LogP contribution in [0.3, 0.4) is 0 Å². The van der Waals surface area contributed by atoms with Crippen molar-refractivity contribution in [1.29, 1.82) is 0 Å². The zero-order valence-corrected chi connectivity index (χ0v) is 14.5. The lowest BCUT2D eigenvalue weighted by Gasteiger charge is -2.20. The molecular formula is C15H22N6O6. The molecule has 0 saturated heterocycles. The number of carbonyl (C=O) groups is 4. The van der Waals surface area contributed by atoms with Crippen LogP contribution in [-0.4, -0.2) is 74.7 Å². The topological polar surface area (TPSA) is 217 Å². The molecule has 0 spiro atoms. The summed E-state index contributed by atoms with van der Waals surface area (Å²) in [5, 5.41) is 14.2. The molecule has 0 bridgehead atoms. The second-order valence-corrected chi connectivity index (χ2v) is 5.15. The summed E-state index contributed by atoms with van der Waals surface area (Å²) in [6.07, 6.45) is 2.33. The van der Waals surface area contributed by atoms with Crippen molar-refractivity contribution in [3.8, 4) is 0 Å². The fourth-order valence-corrected chi connectivity index (χ4v) is 1.91. The van der Waals surface area contributed by atoms with Gasteiger partial charge in [-0.25, -0.2) is 4.79 Å². The van der Waals surface area contributed by atoms with E-state index in [0.29, 0.717) is 12.4 Å². The molecule has 0 aromatic rings. The van der Waals surface area contributed by atoms with Crippen LogP contribution in [0.5, 0.6) is 0 Å². The van der Waals surface area contributed by atoms with Gasteiger partial charge in [0.25, 0.3) is 0 Å².